The van der Waals surface area contributed by atoms with Crippen molar-refractivity contribution in [2.24, 2.45) is 0 Å². The van der Waals surface area contributed by atoms with Gasteiger partial charge in [0.15, 0.2) is 4.34 Å². The molecule has 0 aliphatic carbocycles. The zero-order chi connectivity index (χ0) is 19.5. The number of aromatic nitrogens is 1. The number of nitrogens with zero attached hydrogens (tertiary/aromatic N) is 1. The van der Waals surface area contributed by atoms with Crippen LogP contribution in [0, 0.1) is 0 Å². The molecule has 0 saturated heterocycles. The number of fused-ring (bicyclic) bond motifs is 1. The second-order valence-electron chi connectivity index (χ2n) is 6.30. The second-order valence-corrected chi connectivity index (χ2v) is 9.12. The van der Waals surface area contributed by atoms with Crippen LogP contribution in [0.25, 0.3) is 10.2 Å². The fourth-order valence-corrected chi connectivity index (χ4v) is 5.48. The monoisotopic (exact) mass is 424 g/mol. The van der Waals surface area contributed by atoms with E-state index in [0.29, 0.717) is 0 Å². The van der Waals surface area contributed by atoms with Gasteiger partial charge in [-0.1, -0.05) is 65.8 Å². The highest BCUT2D eigenvalue weighted by Gasteiger charge is 2.18. The highest BCUT2D eigenvalue weighted by atomic mass is 35.5. The first kappa shape index (κ1) is 19.0. The first-order chi connectivity index (χ1) is 13.6. The fraction of sp³-hybridized carbons (Fsp3) is 0.0909. The number of anilines is 1. The van der Waals surface area contributed by atoms with Crippen molar-refractivity contribution in [3.05, 3.63) is 88.9 Å². The highest BCUT2D eigenvalue weighted by molar-refractivity contribution is 8.01. The molecule has 3 aromatic carbocycles. The van der Waals surface area contributed by atoms with E-state index < -0.39 is 0 Å². The summed E-state index contributed by atoms with van der Waals surface area (Å²) in [6.45, 7) is 1.51. The van der Waals surface area contributed by atoms with Gasteiger partial charge in [0, 0.05) is 17.6 Å². The molecule has 6 heteroatoms. The van der Waals surface area contributed by atoms with Crippen LogP contribution in [0.5, 0.6) is 0 Å². The fourth-order valence-electron chi connectivity index (χ4n) is 2.93. The van der Waals surface area contributed by atoms with E-state index in [1.54, 1.807) is 23.1 Å². The van der Waals surface area contributed by atoms with Gasteiger partial charge in [0.1, 0.15) is 0 Å². The van der Waals surface area contributed by atoms with Crippen molar-refractivity contribution in [3.63, 3.8) is 0 Å². The summed E-state index contributed by atoms with van der Waals surface area (Å²) in [5, 5.41) is 3.67. The predicted octanol–water partition coefficient (Wildman–Crippen LogP) is 6.79. The molecular weight excluding hydrogens is 408 g/mol. The number of thioether (sulfide) groups is 1. The Morgan fingerprint density at radius 2 is 1.75 bits per heavy atom. The lowest BCUT2D eigenvalue weighted by atomic mass is 10.0. The SMILES string of the molecule is CC(=O)Nc1ccc2nc(SC(c3ccccc3)c3ccc(Cl)cc3)sc2c1. The van der Waals surface area contributed by atoms with Crippen LogP contribution in [-0.4, -0.2) is 10.9 Å². The summed E-state index contributed by atoms with van der Waals surface area (Å²) in [7, 11) is 0. The third-order valence-electron chi connectivity index (χ3n) is 4.18. The first-order valence-corrected chi connectivity index (χ1v) is 10.8. The average molecular weight is 425 g/mol. The van der Waals surface area contributed by atoms with Crippen LogP contribution in [0.1, 0.15) is 23.3 Å². The molecule has 0 spiro atoms. The van der Waals surface area contributed by atoms with Gasteiger partial charge >= 0.3 is 0 Å². The molecule has 1 atom stereocenters. The molecule has 1 unspecified atom stereocenters. The highest BCUT2D eigenvalue weighted by Crippen LogP contribution is 2.43. The maximum Gasteiger partial charge on any atom is 0.221 e. The number of rotatable bonds is 5. The number of halogens is 1. The van der Waals surface area contributed by atoms with Crippen molar-refractivity contribution >= 4 is 56.5 Å². The molecule has 0 aliphatic rings. The number of carbonyl (C=O) groups excluding carboxylic acids is 1. The van der Waals surface area contributed by atoms with E-state index in [0.717, 1.165) is 25.3 Å². The van der Waals surface area contributed by atoms with Crippen molar-refractivity contribution in [2.45, 2.75) is 16.5 Å². The Kier molecular flexibility index (Phi) is 5.67. The van der Waals surface area contributed by atoms with E-state index >= 15 is 0 Å². The standard InChI is InChI=1S/C22H17ClN2OS2/c1-14(26)24-18-11-12-19-20(13-18)27-22(25-19)28-21(15-5-3-2-4-6-15)16-7-9-17(23)10-8-16/h2-13,21H,1H3,(H,24,26). The van der Waals surface area contributed by atoms with Crippen LogP contribution >= 0.6 is 34.7 Å². The van der Waals surface area contributed by atoms with Gasteiger partial charge in [0.05, 0.1) is 15.5 Å². The summed E-state index contributed by atoms with van der Waals surface area (Å²) < 4.78 is 2.04. The Balaban J connectivity index is 1.68. The largest absolute Gasteiger partial charge is 0.326 e. The number of thiazole rings is 1. The van der Waals surface area contributed by atoms with Gasteiger partial charge in [-0.05, 0) is 41.5 Å². The van der Waals surface area contributed by atoms with Gasteiger partial charge < -0.3 is 5.32 Å². The van der Waals surface area contributed by atoms with Gasteiger partial charge in [-0.25, -0.2) is 4.98 Å². The molecule has 4 aromatic rings. The van der Waals surface area contributed by atoms with Crippen LogP contribution in [0.3, 0.4) is 0 Å². The Morgan fingerprint density at radius 1 is 1.04 bits per heavy atom. The first-order valence-electron chi connectivity index (χ1n) is 8.74. The Morgan fingerprint density at radius 3 is 2.46 bits per heavy atom. The second kappa shape index (κ2) is 8.35. The number of benzene rings is 3. The number of amides is 1. The molecule has 4 rings (SSSR count). The minimum absolute atomic E-state index is 0.0784. The van der Waals surface area contributed by atoms with Crippen molar-refractivity contribution in [1.29, 1.82) is 0 Å². The van der Waals surface area contributed by atoms with Crippen LogP contribution in [0.4, 0.5) is 5.69 Å². The molecule has 0 bridgehead atoms. The van der Waals surface area contributed by atoms with Crippen molar-refractivity contribution in [2.75, 3.05) is 5.32 Å². The van der Waals surface area contributed by atoms with Crippen LogP contribution in [-0.2, 0) is 4.79 Å². The van der Waals surface area contributed by atoms with Crippen molar-refractivity contribution in [3.8, 4) is 0 Å². The number of carbonyl (C=O) groups is 1. The number of nitrogens with one attached hydrogen (secondary N) is 1. The van der Waals surface area contributed by atoms with E-state index in [1.165, 1.54) is 18.1 Å². The van der Waals surface area contributed by atoms with E-state index in [-0.39, 0.29) is 11.2 Å². The maximum atomic E-state index is 11.3. The number of hydrogen-bond acceptors (Lipinski definition) is 4. The van der Waals surface area contributed by atoms with E-state index in [9.17, 15) is 4.79 Å². The normalized spacial score (nSPS) is 12.1. The zero-order valence-corrected chi connectivity index (χ0v) is 17.4. The molecule has 0 saturated carbocycles. The quantitative estimate of drug-likeness (QED) is 0.358. The molecule has 1 aromatic heterocycles. The molecular formula is C22H17ClN2OS2. The van der Waals surface area contributed by atoms with Gasteiger partial charge in [-0.15, -0.1) is 11.3 Å². The lowest BCUT2D eigenvalue weighted by Crippen LogP contribution is -2.05. The third kappa shape index (κ3) is 4.38. The van der Waals surface area contributed by atoms with Gasteiger partial charge in [0.2, 0.25) is 5.91 Å². The molecule has 1 heterocycles. The number of hydrogen-bond donors (Lipinski definition) is 1. The molecule has 1 amide bonds. The van der Waals surface area contributed by atoms with Crippen LogP contribution in [0.15, 0.2) is 77.1 Å². The summed E-state index contributed by atoms with van der Waals surface area (Å²) in [5.41, 5.74) is 4.12. The topological polar surface area (TPSA) is 42.0 Å². The lowest BCUT2D eigenvalue weighted by molar-refractivity contribution is -0.114. The van der Waals surface area contributed by atoms with Crippen LogP contribution in [0.2, 0.25) is 5.02 Å². The molecule has 28 heavy (non-hydrogen) atoms. The Labute approximate surface area is 176 Å². The Hall–Kier alpha value is -2.34. The molecule has 0 aliphatic heterocycles. The predicted molar refractivity (Wildman–Crippen MR) is 120 cm³/mol. The average Bonchev–Trinajstić information content (AvgIpc) is 3.09. The summed E-state index contributed by atoms with van der Waals surface area (Å²) in [6.07, 6.45) is 0. The smallest absolute Gasteiger partial charge is 0.221 e. The van der Waals surface area contributed by atoms with E-state index in [2.05, 4.69) is 41.7 Å². The van der Waals surface area contributed by atoms with E-state index in [1.807, 2.05) is 36.4 Å². The minimum Gasteiger partial charge on any atom is -0.326 e. The van der Waals surface area contributed by atoms with E-state index in [4.69, 9.17) is 16.6 Å². The van der Waals surface area contributed by atoms with Gasteiger partial charge in [0.25, 0.3) is 0 Å². The van der Waals surface area contributed by atoms with Crippen molar-refractivity contribution in [1.82, 2.24) is 4.98 Å². The summed E-state index contributed by atoms with van der Waals surface area (Å²) in [5.74, 6) is -0.0784. The molecule has 0 radical (unpaired) electrons. The summed E-state index contributed by atoms with van der Waals surface area (Å²) in [6, 6.07) is 24.2. The minimum atomic E-state index is -0.0784. The molecule has 3 nitrogen and oxygen atoms in total. The molecule has 0 fully saturated rings. The lowest BCUT2D eigenvalue weighted by Gasteiger charge is -2.16. The summed E-state index contributed by atoms with van der Waals surface area (Å²) >= 11 is 9.44. The maximum absolute atomic E-state index is 11.3. The van der Waals surface area contributed by atoms with Crippen LogP contribution < -0.4 is 5.32 Å². The Bertz CT molecular complexity index is 1110. The summed E-state index contributed by atoms with van der Waals surface area (Å²) in [4.78, 5) is 16.1. The zero-order valence-electron chi connectivity index (χ0n) is 15.1. The molecule has 140 valence electrons. The third-order valence-corrected chi connectivity index (χ3v) is 6.86. The van der Waals surface area contributed by atoms with Gasteiger partial charge in [-0.3, -0.25) is 4.79 Å². The van der Waals surface area contributed by atoms with Gasteiger partial charge in [-0.2, -0.15) is 0 Å². The molecule has 1 N–H and O–H groups in total. The van der Waals surface area contributed by atoms with Crippen molar-refractivity contribution < 1.29 is 4.79 Å².